The van der Waals surface area contributed by atoms with Crippen molar-refractivity contribution in [3.05, 3.63) is 24.3 Å². The molecule has 0 unspecified atom stereocenters. The van der Waals surface area contributed by atoms with Crippen molar-refractivity contribution >= 4 is 35.6 Å². The van der Waals surface area contributed by atoms with Gasteiger partial charge in [0.25, 0.3) is 0 Å². The number of anilines is 1. The first-order valence-electron chi connectivity index (χ1n) is 7.99. The van der Waals surface area contributed by atoms with Crippen molar-refractivity contribution in [1.29, 1.82) is 0 Å². The monoisotopic (exact) mass is 417 g/mol. The highest BCUT2D eigenvalue weighted by Crippen LogP contribution is 2.28. The largest absolute Gasteiger partial charge is 0.495 e. The summed E-state index contributed by atoms with van der Waals surface area (Å²) in [6.07, 6.45) is 9.45. The average Bonchev–Trinajstić information content (AvgIpc) is 3.01. The minimum absolute atomic E-state index is 0. The van der Waals surface area contributed by atoms with Gasteiger partial charge < -0.3 is 15.8 Å². The molecule has 0 aliphatic heterocycles. The molecule has 0 amide bonds. The second-order valence-corrected chi connectivity index (χ2v) is 5.74. The lowest BCUT2D eigenvalue weighted by Gasteiger charge is -2.10. The number of ether oxygens (including phenoxy) is 1. The molecule has 3 N–H and O–H groups in total. The van der Waals surface area contributed by atoms with Gasteiger partial charge in [-0.05, 0) is 24.5 Å². The zero-order chi connectivity index (χ0) is 14.9. The fraction of sp³-hybridized carbons (Fsp3) is 0.588. The van der Waals surface area contributed by atoms with Gasteiger partial charge in [0.1, 0.15) is 5.75 Å². The highest BCUT2D eigenvalue weighted by molar-refractivity contribution is 14.0. The molecule has 1 aromatic rings. The molecule has 0 spiro atoms. The van der Waals surface area contributed by atoms with Crippen LogP contribution in [-0.2, 0) is 0 Å². The number of para-hydroxylation sites is 2. The number of benzene rings is 1. The molecule has 0 aromatic heterocycles. The number of aliphatic imine (C=N–C) groups is 1. The number of guanidine groups is 1. The lowest BCUT2D eigenvalue weighted by molar-refractivity contribution is 0.417. The molecule has 1 aliphatic carbocycles. The van der Waals surface area contributed by atoms with Crippen molar-refractivity contribution in [2.45, 2.75) is 44.9 Å². The van der Waals surface area contributed by atoms with Gasteiger partial charge in [-0.25, -0.2) is 0 Å². The molecule has 1 aromatic carbocycles. The SMILES string of the molecule is COc1ccccc1NC(N)=NCCCCC1CCCC1.I. The summed E-state index contributed by atoms with van der Waals surface area (Å²) < 4.78 is 5.27. The number of rotatable bonds is 7. The normalized spacial score (nSPS) is 15.4. The molecule has 5 heteroatoms. The topological polar surface area (TPSA) is 59.6 Å². The van der Waals surface area contributed by atoms with E-state index in [1.807, 2.05) is 24.3 Å². The van der Waals surface area contributed by atoms with E-state index in [0.717, 1.165) is 30.3 Å². The number of halogens is 1. The van der Waals surface area contributed by atoms with Gasteiger partial charge in [0.05, 0.1) is 12.8 Å². The fourth-order valence-electron chi connectivity index (χ4n) is 2.97. The number of hydrogen-bond acceptors (Lipinski definition) is 2. The van der Waals surface area contributed by atoms with Crippen LogP contribution in [0.1, 0.15) is 44.9 Å². The molecule has 0 bridgehead atoms. The summed E-state index contributed by atoms with van der Waals surface area (Å²) in [5.41, 5.74) is 6.77. The zero-order valence-corrected chi connectivity index (χ0v) is 15.7. The molecule has 4 nitrogen and oxygen atoms in total. The first-order chi connectivity index (χ1) is 10.3. The standard InChI is InChI=1S/C17H27N3O.HI/c1-21-16-12-5-4-11-15(16)20-17(18)19-13-7-6-10-14-8-2-3-9-14;/h4-5,11-12,14H,2-3,6-10,13H2,1H3,(H3,18,19,20);1H. The van der Waals surface area contributed by atoms with Crippen molar-refractivity contribution in [3.63, 3.8) is 0 Å². The third-order valence-corrected chi connectivity index (χ3v) is 4.15. The average molecular weight is 417 g/mol. The maximum atomic E-state index is 5.92. The Morgan fingerprint density at radius 1 is 1.27 bits per heavy atom. The molecule has 1 saturated carbocycles. The first-order valence-corrected chi connectivity index (χ1v) is 7.99. The second kappa shape index (κ2) is 10.7. The Kier molecular flexibility index (Phi) is 9.27. The summed E-state index contributed by atoms with van der Waals surface area (Å²) in [5, 5.41) is 3.10. The highest BCUT2D eigenvalue weighted by Gasteiger charge is 2.13. The number of nitrogens with zero attached hydrogens (tertiary/aromatic N) is 1. The van der Waals surface area contributed by atoms with Crippen LogP contribution in [0.5, 0.6) is 5.75 Å². The summed E-state index contributed by atoms with van der Waals surface area (Å²) in [5.74, 6) is 2.20. The van der Waals surface area contributed by atoms with E-state index in [2.05, 4.69) is 10.3 Å². The smallest absolute Gasteiger partial charge is 0.193 e. The predicted octanol–water partition coefficient (Wildman–Crippen LogP) is 4.40. The van der Waals surface area contributed by atoms with Crippen LogP contribution < -0.4 is 15.8 Å². The summed E-state index contributed by atoms with van der Waals surface area (Å²) in [6.45, 7) is 0.792. The number of methoxy groups -OCH3 is 1. The van der Waals surface area contributed by atoms with Gasteiger partial charge in [-0.3, -0.25) is 4.99 Å². The van der Waals surface area contributed by atoms with Crippen molar-refractivity contribution in [1.82, 2.24) is 0 Å². The number of nitrogens with one attached hydrogen (secondary N) is 1. The molecular formula is C17H28IN3O. The van der Waals surface area contributed by atoms with E-state index in [0.29, 0.717) is 5.96 Å². The Bertz CT molecular complexity index is 459. The summed E-state index contributed by atoms with van der Waals surface area (Å²) in [7, 11) is 1.65. The molecule has 0 atom stereocenters. The van der Waals surface area contributed by atoms with Crippen LogP contribution in [0.4, 0.5) is 5.69 Å². The number of nitrogens with two attached hydrogens (primary N) is 1. The number of hydrogen-bond donors (Lipinski definition) is 2. The maximum Gasteiger partial charge on any atom is 0.193 e. The Morgan fingerprint density at radius 3 is 2.73 bits per heavy atom. The molecule has 124 valence electrons. The molecule has 22 heavy (non-hydrogen) atoms. The Hall–Kier alpha value is -0.980. The van der Waals surface area contributed by atoms with E-state index in [9.17, 15) is 0 Å². The summed E-state index contributed by atoms with van der Waals surface area (Å²) in [4.78, 5) is 4.39. The van der Waals surface area contributed by atoms with Crippen LogP contribution in [0, 0.1) is 5.92 Å². The second-order valence-electron chi connectivity index (χ2n) is 5.74. The third kappa shape index (κ3) is 6.42. The Balaban J connectivity index is 0.00000242. The predicted molar refractivity (Wildman–Crippen MR) is 104 cm³/mol. The van der Waals surface area contributed by atoms with Crippen LogP contribution in [0.15, 0.2) is 29.3 Å². The molecule has 0 saturated heterocycles. The van der Waals surface area contributed by atoms with Gasteiger partial charge in [0.15, 0.2) is 5.96 Å². The lowest BCUT2D eigenvalue weighted by Crippen LogP contribution is -2.23. The van der Waals surface area contributed by atoms with Gasteiger partial charge in [0, 0.05) is 6.54 Å². The van der Waals surface area contributed by atoms with Gasteiger partial charge in [-0.1, -0.05) is 50.7 Å². The van der Waals surface area contributed by atoms with Gasteiger partial charge in [-0.15, -0.1) is 24.0 Å². The molecule has 1 aliphatic rings. The van der Waals surface area contributed by atoms with Crippen molar-refractivity contribution in [2.24, 2.45) is 16.6 Å². The zero-order valence-electron chi connectivity index (χ0n) is 13.4. The van der Waals surface area contributed by atoms with Crippen molar-refractivity contribution in [2.75, 3.05) is 19.0 Å². The van der Waals surface area contributed by atoms with Crippen LogP contribution >= 0.6 is 24.0 Å². The van der Waals surface area contributed by atoms with Crippen molar-refractivity contribution < 1.29 is 4.74 Å². The molecule has 2 rings (SSSR count). The minimum atomic E-state index is 0. The van der Waals surface area contributed by atoms with Crippen LogP contribution in [0.2, 0.25) is 0 Å². The van der Waals surface area contributed by atoms with Crippen LogP contribution in [-0.4, -0.2) is 19.6 Å². The van der Waals surface area contributed by atoms with Gasteiger partial charge in [0.2, 0.25) is 0 Å². The minimum Gasteiger partial charge on any atom is -0.495 e. The number of unbranched alkanes of at least 4 members (excludes halogenated alkanes) is 1. The lowest BCUT2D eigenvalue weighted by atomic mass is 10.0. The molecule has 0 heterocycles. The van der Waals surface area contributed by atoms with E-state index in [-0.39, 0.29) is 24.0 Å². The van der Waals surface area contributed by atoms with Crippen molar-refractivity contribution in [3.8, 4) is 5.75 Å². The highest BCUT2D eigenvalue weighted by atomic mass is 127. The Morgan fingerprint density at radius 2 is 2.00 bits per heavy atom. The summed E-state index contributed by atoms with van der Waals surface area (Å²) in [6, 6.07) is 7.71. The van der Waals surface area contributed by atoms with E-state index in [1.165, 1.54) is 38.5 Å². The summed E-state index contributed by atoms with van der Waals surface area (Å²) >= 11 is 0. The maximum absolute atomic E-state index is 5.92. The van der Waals surface area contributed by atoms with E-state index >= 15 is 0 Å². The quantitative estimate of drug-likeness (QED) is 0.299. The van der Waals surface area contributed by atoms with Crippen LogP contribution in [0.25, 0.3) is 0 Å². The molecular weight excluding hydrogens is 389 g/mol. The molecule has 0 radical (unpaired) electrons. The van der Waals surface area contributed by atoms with Gasteiger partial charge in [-0.2, -0.15) is 0 Å². The van der Waals surface area contributed by atoms with E-state index in [1.54, 1.807) is 7.11 Å². The van der Waals surface area contributed by atoms with Crippen LogP contribution in [0.3, 0.4) is 0 Å². The van der Waals surface area contributed by atoms with Gasteiger partial charge >= 0.3 is 0 Å². The van der Waals surface area contributed by atoms with E-state index in [4.69, 9.17) is 10.5 Å². The third-order valence-electron chi connectivity index (χ3n) is 4.15. The van der Waals surface area contributed by atoms with E-state index < -0.39 is 0 Å². The Labute approximate surface area is 150 Å². The fourth-order valence-corrected chi connectivity index (χ4v) is 2.97. The first kappa shape index (κ1) is 19.1. The molecule has 1 fully saturated rings.